The summed E-state index contributed by atoms with van der Waals surface area (Å²) in [6.07, 6.45) is 7.65. The van der Waals surface area contributed by atoms with Crippen molar-refractivity contribution in [1.82, 2.24) is 24.6 Å². The van der Waals surface area contributed by atoms with Gasteiger partial charge in [0, 0.05) is 11.6 Å². The predicted octanol–water partition coefficient (Wildman–Crippen LogP) is 3.81. The number of likely N-dealkylation sites (tertiary alicyclic amines) is 1. The number of aliphatic hydroxyl groups is 1. The van der Waals surface area contributed by atoms with E-state index in [1.807, 2.05) is 10.9 Å². The molecular formula is C24H29ClN6O2. The minimum atomic E-state index is -0.364. The summed E-state index contributed by atoms with van der Waals surface area (Å²) in [4.78, 5) is 11.7. The van der Waals surface area contributed by atoms with Crippen molar-refractivity contribution >= 4 is 34.1 Å². The number of aliphatic hydroxyl groups excluding tert-OH is 1. The van der Waals surface area contributed by atoms with Crippen molar-refractivity contribution < 1.29 is 9.84 Å². The molecule has 1 aliphatic carbocycles. The third-order valence-electron chi connectivity index (χ3n) is 7.30. The average molecular weight is 469 g/mol. The number of fused-ring (bicyclic) bond motifs is 1. The zero-order valence-electron chi connectivity index (χ0n) is 18.7. The van der Waals surface area contributed by atoms with Crippen LogP contribution in [0.4, 0.5) is 11.6 Å². The summed E-state index contributed by atoms with van der Waals surface area (Å²) < 4.78 is 7.32. The highest BCUT2D eigenvalue weighted by molar-refractivity contribution is 6.32. The van der Waals surface area contributed by atoms with E-state index in [-0.39, 0.29) is 12.1 Å². The van der Waals surface area contributed by atoms with Gasteiger partial charge >= 0.3 is 0 Å². The molecule has 2 aliphatic heterocycles. The molecular weight excluding hydrogens is 440 g/mol. The zero-order valence-corrected chi connectivity index (χ0v) is 19.5. The molecule has 6 rings (SSSR count). The molecule has 1 aromatic carbocycles. The molecule has 2 aromatic heterocycles. The van der Waals surface area contributed by atoms with Crippen LogP contribution in [0.15, 0.2) is 24.5 Å². The number of nitrogens with one attached hydrogen (secondary N) is 1. The monoisotopic (exact) mass is 468 g/mol. The smallest absolute Gasteiger partial charge is 0.227 e. The van der Waals surface area contributed by atoms with Gasteiger partial charge < -0.3 is 15.2 Å². The lowest BCUT2D eigenvalue weighted by atomic mass is 9.85. The van der Waals surface area contributed by atoms with Crippen molar-refractivity contribution in [3.05, 3.63) is 40.8 Å². The number of ether oxygens (including phenoxy) is 1. The van der Waals surface area contributed by atoms with E-state index in [1.54, 1.807) is 6.20 Å². The fourth-order valence-electron chi connectivity index (χ4n) is 5.26. The van der Waals surface area contributed by atoms with E-state index in [0.29, 0.717) is 36.3 Å². The summed E-state index contributed by atoms with van der Waals surface area (Å²) >= 11 is 6.50. The van der Waals surface area contributed by atoms with E-state index < -0.39 is 0 Å². The number of aromatic nitrogens is 4. The van der Waals surface area contributed by atoms with Gasteiger partial charge in [-0.15, -0.1) is 0 Å². The van der Waals surface area contributed by atoms with Crippen molar-refractivity contribution in [1.29, 1.82) is 0 Å². The van der Waals surface area contributed by atoms with Crippen LogP contribution in [0.25, 0.3) is 10.9 Å². The summed E-state index contributed by atoms with van der Waals surface area (Å²) in [6, 6.07) is 4.97. The largest absolute Gasteiger partial charge is 0.389 e. The second kappa shape index (κ2) is 8.51. The fraction of sp³-hybridized carbons (Fsp3) is 0.542. The molecule has 3 fully saturated rings. The standard InChI is InChI=1S/C24H29ClN6O2/c1-14-8-16-10-26-24(29-20-11-27-31(23(20)25)17-2-3-17)28-19(16)9-18(14)15-4-6-30(7-5-15)21-12-33-13-22(21)32/h8-11,15,17,21-22,32H,2-7,12-13H2,1H3,(H,26,28,29)/t21?,22-/m1/s1. The first kappa shape index (κ1) is 21.3. The Balaban J connectivity index is 1.20. The molecule has 0 spiro atoms. The van der Waals surface area contributed by atoms with Crippen molar-refractivity contribution in [2.24, 2.45) is 0 Å². The Morgan fingerprint density at radius 3 is 2.67 bits per heavy atom. The van der Waals surface area contributed by atoms with Crippen LogP contribution >= 0.6 is 11.6 Å². The third kappa shape index (κ3) is 4.10. The Labute approximate surface area is 197 Å². The lowest BCUT2D eigenvalue weighted by molar-refractivity contribution is 0.0663. The van der Waals surface area contributed by atoms with E-state index in [9.17, 15) is 5.11 Å². The molecule has 0 amide bonds. The molecule has 0 bridgehead atoms. The highest BCUT2D eigenvalue weighted by atomic mass is 35.5. The normalized spacial score (nSPS) is 24.6. The van der Waals surface area contributed by atoms with Gasteiger partial charge in [0.15, 0.2) is 5.15 Å². The molecule has 2 atom stereocenters. The van der Waals surface area contributed by atoms with E-state index in [0.717, 1.165) is 55.4 Å². The SMILES string of the molecule is Cc1cc2cnc(Nc3cnn(C4CC4)c3Cl)nc2cc1C1CCN(C2COC[C@H]2O)CC1. The van der Waals surface area contributed by atoms with E-state index in [1.165, 1.54) is 11.1 Å². The maximum absolute atomic E-state index is 10.2. The second-order valence-electron chi connectivity index (χ2n) is 9.59. The number of aryl methyl sites for hydroxylation is 1. The van der Waals surface area contributed by atoms with Crippen molar-refractivity contribution in [3.8, 4) is 0 Å². The topological polar surface area (TPSA) is 88.3 Å². The second-order valence-corrected chi connectivity index (χ2v) is 9.95. The Morgan fingerprint density at radius 2 is 1.94 bits per heavy atom. The van der Waals surface area contributed by atoms with Gasteiger partial charge in [-0.3, -0.25) is 4.90 Å². The van der Waals surface area contributed by atoms with Gasteiger partial charge in [0.05, 0.1) is 48.8 Å². The first-order chi connectivity index (χ1) is 16.1. The van der Waals surface area contributed by atoms with E-state index in [4.69, 9.17) is 21.3 Å². The Hall–Kier alpha value is -2.26. The maximum Gasteiger partial charge on any atom is 0.227 e. The quantitative estimate of drug-likeness (QED) is 0.588. The number of nitrogens with zero attached hydrogens (tertiary/aromatic N) is 5. The molecule has 1 saturated carbocycles. The Bertz CT molecular complexity index is 1170. The highest BCUT2D eigenvalue weighted by Gasteiger charge is 2.34. The minimum Gasteiger partial charge on any atom is -0.389 e. The molecule has 1 unspecified atom stereocenters. The summed E-state index contributed by atoms with van der Waals surface area (Å²) in [7, 11) is 0. The number of anilines is 2. The lowest BCUT2D eigenvalue weighted by Crippen LogP contribution is -2.46. The number of hydrogen-bond acceptors (Lipinski definition) is 7. The van der Waals surface area contributed by atoms with Gasteiger partial charge in [0.25, 0.3) is 0 Å². The summed E-state index contributed by atoms with van der Waals surface area (Å²) in [6.45, 7) is 5.22. The predicted molar refractivity (Wildman–Crippen MR) is 127 cm³/mol. The van der Waals surface area contributed by atoms with E-state index in [2.05, 4.69) is 39.4 Å². The van der Waals surface area contributed by atoms with Gasteiger partial charge in [0.1, 0.15) is 0 Å². The molecule has 0 radical (unpaired) electrons. The van der Waals surface area contributed by atoms with Gasteiger partial charge in [-0.05, 0) is 74.9 Å². The number of piperidine rings is 1. The fourth-order valence-corrected chi connectivity index (χ4v) is 5.53. The third-order valence-corrected chi connectivity index (χ3v) is 7.68. The molecule has 33 heavy (non-hydrogen) atoms. The molecule has 2 N–H and O–H groups in total. The van der Waals surface area contributed by atoms with Crippen LogP contribution in [0, 0.1) is 6.92 Å². The highest BCUT2D eigenvalue weighted by Crippen LogP contribution is 2.39. The van der Waals surface area contributed by atoms with Crippen LogP contribution in [0.3, 0.4) is 0 Å². The van der Waals surface area contributed by atoms with Crippen molar-refractivity contribution in [2.45, 2.75) is 56.7 Å². The maximum atomic E-state index is 10.2. The van der Waals surface area contributed by atoms with Crippen LogP contribution in [-0.2, 0) is 4.74 Å². The first-order valence-corrected chi connectivity index (χ1v) is 12.2. The first-order valence-electron chi connectivity index (χ1n) is 11.8. The molecule has 3 aromatic rings. The molecule has 2 saturated heterocycles. The van der Waals surface area contributed by atoms with Crippen LogP contribution in [0.5, 0.6) is 0 Å². The number of benzene rings is 1. The summed E-state index contributed by atoms with van der Waals surface area (Å²) in [5.74, 6) is 1.02. The molecule has 9 heteroatoms. The molecule has 3 aliphatic rings. The van der Waals surface area contributed by atoms with Crippen LogP contribution in [0.1, 0.15) is 48.8 Å². The summed E-state index contributed by atoms with van der Waals surface area (Å²) in [5, 5.41) is 19.5. The Kier molecular flexibility index (Phi) is 5.49. The van der Waals surface area contributed by atoms with Gasteiger partial charge in [-0.2, -0.15) is 5.10 Å². The lowest BCUT2D eigenvalue weighted by Gasteiger charge is -2.37. The zero-order chi connectivity index (χ0) is 22.5. The molecule has 8 nitrogen and oxygen atoms in total. The van der Waals surface area contributed by atoms with Crippen molar-refractivity contribution in [3.63, 3.8) is 0 Å². The van der Waals surface area contributed by atoms with Gasteiger partial charge in [0.2, 0.25) is 5.95 Å². The van der Waals surface area contributed by atoms with E-state index >= 15 is 0 Å². The molecule has 4 heterocycles. The van der Waals surface area contributed by atoms with Gasteiger partial charge in [-0.25, -0.2) is 14.6 Å². The minimum absolute atomic E-state index is 0.140. The van der Waals surface area contributed by atoms with Gasteiger partial charge in [-0.1, -0.05) is 11.6 Å². The van der Waals surface area contributed by atoms with Crippen LogP contribution < -0.4 is 5.32 Å². The van der Waals surface area contributed by atoms with Crippen molar-refractivity contribution in [2.75, 3.05) is 31.6 Å². The Morgan fingerprint density at radius 1 is 1.12 bits per heavy atom. The number of halogens is 1. The number of hydrogen-bond donors (Lipinski definition) is 2. The molecule has 174 valence electrons. The summed E-state index contributed by atoms with van der Waals surface area (Å²) in [5.41, 5.74) is 4.31. The van der Waals surface area contributed by atoms with Crippen LogP contribution in [-0.4, -0.2) is 68.2 Å². The number of rotatable bonds is 5. The average Bonchev–Trinajstić information content (AvgIpc) is 3.47. The van der Waals surface area contributed by atoms with Crippen LogP contribution in [0.2, 0.25) is 5.15 Å².